The van der Waals surface area contributed by atoms with Gasteiger partial charge in [-0.2, -0.15) is 0 Å². The number of para-hydroxylation sites is 1. The van der Waals surface area contributed by atoms with E-state index in [1.807, 2.05) is 6.07 Å². The fourth-order valence-corrected chi connectivity index (χ4v) is 4.52. The van der Waals surface area contributed by atoms with Crippen LogP contribution < -0.4 is 5.32 Å². The summed E-state index contributed by atoms with van der Waals surface area (Å²) in [4.78, 5) is 2.35. The van der Waals surface area contributed by atoms with Gasteiger partial charge in [-0.25, -0.2) is 0 Å². The summed E-state index contributed by atoms with van der Waals surface area (Å²) in [6.45, 7) is 5.35. The minimum atomic E-state index is -0.388. The van der Waals surface area contributed by atoms with Gasteiger partial charge in [-0.15, -0.1) is 0 Å². The lowest BCUT2D eigenvalue weighted by Gasteiger charge is -2.29. The molecule has 0 radical (unpaired) electrons. The van der Waals surface area contributed by atoms with E-state index in [0.717, 1.165) is 32.7 Å². The van der Waals surface area contributed by atoms with Crippen LogP contribution in [-0.4, -0.2) is 53.4 Å². The van der Waals surface area contributed by atoms with E-state index in [1.54, 1.807) is 0 Å². The van der Waals surface area contributed by atoms with Gasteiger partial charge in [-0.3, -0.25) is 4.90 Å². The van der Waals surface area contributed by atoms with Crippen LogP contribution in [0.15, 0.2) is 72.8 Å². The lowest BCUT2D eigenvalue weighted by atomic mass is 10.0. The Balaban J connectivity index is 1.52. The molecule has 1 atom stereocenters. The fraction of sp³-hybridized carbons (Fsp3) is 0.280. The van der Waals surface area contributed by atoms with E-state index >= 15 is 0 Å². The summed E-state index contributed by atoms with van der Waals surface area (Å²) in [6, 6.07) is 25.7. The molecule has 0 aliphatic carbocycles. The second kappa shape index (κ2) is 7.99. The van der Waals surface area contributed by atoms with Crippen molar-refractivity contribution in [3.8, 4) is 11.1 Å². The number of nitrogens with one attached hydrogen (secondary N) is 1. The number of nitrogens with zero attached hydrogens (tertiary/aromatic N) is 2. The summed E-state index contributed by atoms with van der Waals surface area (Å²) >= 11 is 0. The molecule has 0 amide bonds. The predicted molar refractivity (Wildman–Crippen MR) is 120 cm³/mol. The number of hydrogen-bond acceptors (Lipinski definition) is 3. The number of β-amino-alcohol motifs (C(OH)–C–C–N with tert-alkyl or cyclic N) is 1. The molecule has 1 saturated heterocycles. The first kappa shape index (κ1) is 18.4. The fourth-order valence-electron chi connectivity index (χ4n) is 4.52. The van der Waals surface area contributed by atoms with E-state index in [9.17, 15) is 5.11 Å². The van der Waals surface area contributed by atoms with E-state index in [-0.39, 0.29) is 6.10 Å². The Morgan fingerprint density at radius 1 is 0.759 bits per heavy atom. The van der Waals surface area contributed by atoms with E-state index < -0.39 is 0 Å². The first-order valence-corrected chi connectivity index (χ1v) is 10.5. The van der Waals surface area contributed by atoms with E-state index in [2.05, 4.69) is 81.5 Å². The molecule has 2 heterocycles. The maximum Gasteiger partial charge on any atom is 0.0845 e. The molecule has 1 aliphatic rings. The molecule has 5 rings (SSSR count). The van der Waals surface area contributed by atoms with Gasteiger partial charge in [0.15, 0.2) is 0 Å². The topological polar surface area (TPSA) is 40.4 Å². The summed E-state index contributed by atoms with van der Waals surface area (Å²) in [6.07, 6.45) is -0.388. The molecule has 148 valence electrons. The first-order chi connectivity index (χ1) is 14.3. The monoisotopic (exact) mass is 385 g/mol. The van der Waals surface area contributed by atoms with Gasteiger partial charge in [0.1, 0.15) is 0 Å². The number of aromatic nitrogens is 1. The van der Waals surface area contributed by atoms with Crippen LogP contribution in [0.4, 0.5) is 0 Å². The predicted octanol–water partition coefficient (Wildman–Crippen LogP) is 3.73. The number of hydrogen-bond donors (Lipinski definition) is 2. The third-order valence-corrected chi connectivity index (χ3v) is 5.95. The Labute approximate surface area is 171 Å². The lowest BCUT2D eigenvalue weighted by Crippen LogP contribution is -2.46. The maximum absolute atomic E-state index is 10.8. The second-order valence-corrected chi connectivity index (χ2v) is 7.93. The molecular formula is C25H27N3O. The van der Waals surface area contributed by atoms with E-state index in [4.69, 9.17) is 0 Å². The van der Waals surface area contributed by atoms with Gasteiger partial charge in [0.2, 0.25) is 0 Å². The number of fused-ring (bicyclic) bond motifs is 3. The Kier molecular flexibility index (Phi) is 5.06. The second-order valence-electron chi connectivity index (χ2n) is 7.93. The number of aliphatic hydroxyl groups excluding tert-OH is 1. The van der Waals surface area contributed by atoms with E-state index in [0.29, 0.717) is 6.54 Å². The standard InChI is InChI=1S/C25H27N3O/c29-21(17-27-14-12-26-13-15-27)18-28-24-9-5-4-8-22(24)23-16-20(10-11-25(23)28)19-6-2-1-3-7-19/h1-11,16,21,26,29H,12-15,17-18H2/t21-/m0/s1. The van der Waals surface area contributed by atoms with Crippen molar-refractivity contribution in [2.45, 2.75) is 12.6 Å². The molecule has 4 aromatic rings. The molecule has 1 aromatic heterocycles. The van der Waals surface area contributed by atoms with Crippen molar-refractivity contribution in [3.05, 3.63) is 72.8 Å². The Morgan fingerprint density at radius 2 is 1.48 bits per heavy atom. The molecule has 1 fully saturated rings. The minimum absolute atomic E-state index is 0.388. The summed E-state index contributed by atoms with van der Waals surface area (Å²) in [5.74, 6) is 0. The lowest BCUT2D eigenvalue weighted by molar-refractivity contribution is 0.0936. The summed E-state index contributed by atoms with van der Waals surface area (Å²) in [5, 5.41) is 16.7. The van der Waals surface area contributed by atoms with Crippen LogP contribution in [0.3, 0.4) is 0 Å². The van der Waals surface area contributed by atoms with Gasteiger partial charge < -0.3 is 15.0 Å². The highest BCUT2D eigenvalue weighted by Gasteiger charge is 2.18. The summed E-state index contributed by atoms with van der Waals surface area (Å²) < 4.78 is 2.28. The highest BCUT2D eigenvalue weighted by atomic mass is 16.3. The van der Waals surface area contributed by atoms with Crippen LogP contribution in [0.1, 0.15) is 0 Å². The van der Waals surface area contributed by atoms with Gasteiger partial charge in [0.25, 0.3) is 0 Å². The highest BCUT2D eigenvalue weighted by molar-refractivity contribution is 6.09. The first-order valence-electron chi connectivity index (χ1n) is 10.5. The van der Waals surface area contributed by atoms with Crippen LogP contribution >= 0.6 is 0 Å². The number of piperazine rings is 1. The SMILES string of the molecule is O[C@@H](CN1CCNCC1)Cn1c2ccccc2c2cc(-c3ccccc3)ccc21. The van der Waals surface area contributed by atoms with Crippen molar-refractivity contribution >= 4 is 21.8 Å². The van der Waals surface area contributed by atoms with Gasteiger partial charge >= 0.3 is 0 Å². The van der Waals surface area contributed by atoms with Gasteiger partial charge in [-0.1, -0.05) is 54.6 Å². The van der Waals surface area contributed by atoms with Gasteiger partial charge in [0.05, 0.1) is 12.6 Å². The molecule has 0 unspecified atom stereocenters. The molecule has 1 aliphatic heterocycles. The van der Waals surface area contributed by atoms with Crippen molar-refractivity contribution in [2.75, 3.05) is 32.7 Å². The zero-order chi connectivity index (χ0) is 19.6. The zero-order valence-corrected chi connectivity index (χ0v) is 16.6. The highest BCUT2D eigenvalue weighted by Crippen LogP contribution is 2.32. The molecule has 4 nitrogen and oxygen atoms in total. The largest absolute Gasteiger partial charge is 0.390 e. The molecule has 29 heavy (non-hydrogen) atoms. The van der Waals surface area contributed by atoms with Crippen molar-refractivity contribution in [3.63, 3.8) is 0 Å². The Hall–Kier alpha value is -2.66. The minimum Gasteiger partial charge on any atom is -0.390 e. The number of rotatable bonds is 5. The summed E-state index contributed by atoms with van der Waals surface area (Å²) in [7, 11) is 0. The van der Waals surface area contributed by atoms with Gasteiger partial charge in [-0.05, 0) is 29.3 Å². The van der Waals surface area contributed by atoms with Gasteiger partial charge in [0, 0.05) is 54.5 Å². The summed E-state index contributed by atoms with van der Waals surface area (Å²) in [5.41, 5.74) is 4.82. The number of benzene rings is 3. The third kappa shape index (κ3) is 3.67. The molecule has 3 aromatic carbocycles. The molecule has 0 bridgehead atoms. The van der Waals surface area contributed by atoms with E-state index in [1.165, 1.54) is 32.9 Å². The Bertz CT molecular complexity index is 1110. The molecule has 0 spiro atoms. The number of aliphatic hydroxyl groups is 1. The van der Waals surface area contributed by atoms with Crippen molar-refractivity contribution in [1.82, 2.24) is 14.8 Å². The third-order valence-electron chi connectivity index (χ3n) is 5.95. The molecule has 0 saturated carbocycles. The molecule has 2 N–H and O–H groups in total. The molecule has 4 heteroatoms. The van der Waals surface area contributed by atoms with Crippen LogP contribution in [0, 0.1) is 0 Å². The zero-order valence-electron chi connectivity index (χ0n) is 16.6. The molecular weight excluding hydrogens is 358 g/mol. The normalized spacial score (nSPS) is 16.4. The van der Waals surface area contributed by atoms with Crippen LogP contribution in [0.25, 0.3) is 32.9 Å². The quantitative estimate of drug-likeness (QED) is 0.550. The Morgan fingerprint density at radius 3 is 2.31 bits per heavy atom. The van der Waals surface area contributed by atoms with Crippen molar-refractivity contribution in [2.24, 2.45) is 0 Å². The average Bonchev–Trinajstić information content (AvgIpc) is 3.08. The smallest absolute Gasteiger partial charge is 0.0845 e. The van der Waals surface area contributed by atoms with Crippen LogP contribution in [0.5, 0.6) is 0 Å². The van der Waals surface area contributed by atoms with Crippen molar-refractivity contribution in [1.29, 1.82) is 0 Å². The van der Waals surface area contributed by atoms with Crippen LogP contribution in [0.2, 0.25) is 0 Å². The van der Waals surface area contributed by atoms with Crippen LogP contribution in [-0.2, 0) is 6.54 Å². The average molecular weight is 386 g/mol. The maximum atomic E-state index is 10.8. The van der Waals surface area contributed by atoms with Crippen molar-refractivity contribution < 1.29 is 5.11 Å².